The monoisotopic (exact) mass is 285 g/mol. The second-order valence-corrected chi connectivity index (χ2v) is 5.21. The molecule has 104 valence electrons. The van der Waals surface area contributed by atoms with E-state index >= 15 is 0 Å². The maximum Gasteiger partial charge on any atom is 0.258 e. The number of amides is 1. The summed E-state index contributed by atoms with van der Waals surface area (Å²) in [5, 5.41) is 0. The molecule has 0 N–H and O–H groups in total. The lowest BCUT2D eigenvalue weighted by molar-refractivity contribution is 0.0986. The minimum atomic E-state index is 0.0398. The van der Waals surface area contributed by atoms with Crippen LogP contribution in [-0.2, 0) is 0 Å². The average Bonchev–Trinajstić information content (AvgIpc) is 2.49. The zero-order valence-corrected chi connectivity index (χ0v) is 12.5. The topological polar surface area (TPSA) is 20.3 Å². The number of para-hydroxylation sites is 1. The first-order valence-electron chi connectivity index (χ1n) is 6.88. The molecular formula is C17H19NOS. The Morgan fingerprint density at radius 1 is 1.05 bits per heavy atom. The van der Waals surface area contributed by atoms with Crippen LogP contribution in [0.15, 0.2) is 59.5 Å². The predicted molar refractivity (Wildman–Crippen MR) is 86.7 cm³/mol. The van der Waals surface area contributed by atoms with E-state index in [1.165, 1.54) is 0 Å². The van der Waals surface area contributed by atoms with Crippen molar-refractivity contribution in [2.45, 2.75) is 24.7 Å². The molecule has 0 aliphatic carbocycles. The Bertz CT molecular complexity index is 551. The van der Waals surface area contributed by atoms with Gasteiger partial charge >= 0.3 is 0 Å². The van der Waals surface area contributed by atoms with Gasteiger partial charge in [0.25, 0.3) is 5.91 Å². The van der Waals surface area contributed by atoms with Gasteiger partial charge in [-0.25, -0.2) is 0 Å². The first-order chi connectivity index (χ1) is 9.72. The van der Waals surface area contributed by atoms with E-state index in [-0.39, 0.29) is 5.91 Å². The van der Waals surface area contributed by atoms with Crippen LogP contribution >= 0.6 is 12.6 Å². The van der Waals surface area contributed by atoms with Gasteiger partial charge in [0.15, 0.2) is 0 Å². The highest BCUT2D eigenvalue weighted by Crippen LogP contribution is 2.18. The molecule has 0 aliphatic rings. The van der Waals surface area contributed by atoms with Crippen molar-refractivity contribution in [1.29, 1.82) is 0 Å². The van der Waals surface area contributed by atoms with Crippen LogP contribution in [0, 0.1) is 0 Å². The molecule has 0 saturated heterocycles. The molecule has 0 spiro atoms. The number of hydrogen-bond donors (Lipinski definition) is 1. The minimum absolute atomic E-state index is 0.0398. The van der Waals surface area contributed by atoms with E-state index in [0.29, 0.717) is 5.56 Å². The number of hydrogen-bond acceptors (Lipinski definition) is 2. The van der Waals surface area contributed by atoms with Crippen LogP contribution in [0.3, 0.4) is 0 Å². The van der Waals surface area contributed by atoms with Crippen LogP contribution in [0.2, 0.25) is 0 Å². The summed E-state index contributed by atoms with van der Waals surface area (Å²) in [7, 11) is 0. The van der Waals surface area contributed by atoms with Crippen molar-refractivity contribution < 1.29 is 4.79 Å². The lowest BCUT2D eigenvalue weighted by Crippen LogP contribution is -2.31. The standard InChI is InChI=1S/C17H19NOS/c1-2-3-13-18(15-7-5-4-6-8-15)17(19)14-9-11-16(20)12-10-14/h4-12,20H,2-3,13H2,1H3. The highest BCUT2D eigenvalue weighted by atomic mass is 32.1. The molecule has 0 radical (unpaired) electrons. The van der Waals surface area contributed by atoms with E-state index in [1.54, 1.807) is 0 Å². The van der Waals surface area contributed by atoms with E-state index in [4.69, 9.17) is 0 Å². The Labute approximate surface area is 125 Å². The van der Waals surface area contributed by atoms with Gasteiger partial charge in [-0.2, -0.15) is 0 Å². The van der Waals surface area contributed by atoms with Gasteiger partial charge in [0.1, 0.15) is 0 Å². The van der Waals surface area contributed by atoms with Gasteiger partial charge in [0.05, 0.1) is 0 Å². The lowest BCUT2D eigenvalue weighted by atomic mass is 10.1. The third-order valence-corrected chi connectivity index (χ3v) is 3.46. The smallest absolute Gasteiger partial charge is 0.258 e. The van der Waals surface area contributed by atoms with Gasteiger partial charge in [-0.15, -0.1) is 12.6 Å². The van der Waals surface area contributed by atoms with Crippen LogP contribution in [-0.4, -0.2) is 12.5 Å². The molecule has 0 unspecified atom stereocenters. The van der Waals surface area contributed by atoms with Crippen molar-refractivity contribution in [3.05, 3.63) is 60.2 Å². The molecule has 20 heavy (non-hydrogen) atoms. The SMILES string of the molecule is CCCCN(C(=O)c1ccc(S)cc1)c1ccccc1. The molecular weight excluding hydrogens is 266 g/mol. The number of nitrogens with zero attached hydrogens (tertiary/aromatic N) is 1. The highest BCUT2D eigenvalue weighted by molar-refractivity contribution is 7.80. The lowest BCUT2D eigenvalue weighted by Gasteiger charge is -2.23. The first kappa shape index (κ1) is 14.7. The average molecular weight is 285 g/mol. The predicted octanol–water partition coefficient (Wildman–Crippen LogP) is 4.42. The first-order valence-corrected chi connectivity index (χ1v) is 7.33. The summed E-state index contributed by atoms with van der Waals surface area (Å²) < 4.78 is 0. The number of unbranched alkanes of at least 4 members (excludes halogenated alkanes) is 1. The largest absolute Gasteiger partial charge is 0.308 e. The van der Waals surface area contributed by atoms with Crippen LogP contribution < -0.4 is 4.90 Å². The highest BCUT2D eigenvalue weighted by Gasteiger charge is 2.16. The van der Waals surface area contributed by atoms with Gasteiger partial charge in [-0.05, 0) is 42.8 Å². The van der Waals surface area contributed by atoms with Crippen molar-refractivity contribution in [1.82, 2.24) is 0 Å². The van der Waals surface area contributed by atoms with Crippen molar-refractivity contribution in [2.75, 3.05) is 11.4 Å². The summed E-state index contributed by atoms with van der Waals surface area (Å²) in [6.45, 7) is 2.87. The number of carbonyl (C=O) groups excluding carboxylic acids is 1. The molecule has 3 heteroatoms. The van der Waals surface area contributed by atoms with Crippen molar-refractivity contribution >= 4 is 24.2 Å². The summed E-state index contributed by atoms with van der Waals surface area (Å²) in [4.78, 5) is 15.4. The Balaban J connectivity index is 2.26. The fourth-order valence-corrected chi connectivity index (χ4v) is 2.18. The second kappa shape index (κ2) is 7.15. The Hall–Kier alpha value is -1.74. The fourth-order valence-electron chi connectivity index (χ4n) is 2.03. The van der Waals surface area contributed by atoms with Gasteiger partial charge < -0.3 is 4.90 Å². The van der Waals surface area contributed by atoms with E-state index in [1.807, 2.05) is 59.5 Å². The quantitative estimate of drug-likeness (QED) is 0.806. The Morgan fingerprint density at radius 2 is 1.70 bits per heavy atom. The van der Waals surface area contributed by atoms with Crippen LogP contribution in [0.4, 0.5) is 5.69 Å². The zero-order valence-electron chi connectivity index (χ0n) is 11.6. The van der Waals surface area contributed by atoms with E-state index in [2.05, 4.69) is 19.6 Å². The summed E-state index contributed by atoms with van der Waals surface area (Å²) in [6.07, 6.45) is 2.05. The van der Waals surface area contributed by atoms with Gasteiger partial charge in [-0.1, -0.05) is 31.5 Å². The fraction of sp³-hybridized carbons (Fsp3) is 0.235. The molecule has 0 fully saturated rings. The summed E-state index contributed by atoms with van der Waals surface area (Å²) >= 11 is 4.25. The number of benzene rings is 2. The Kier molecular flexibility index (Phi) is 5.24. The molecule has 0 atom stereocenters. The molecule has 1 amide bonds. The third-order valence-electron chi connectivity index (χ3n) is 3.16. The van der Waals surface area contributed by atoms with Crippen LogP contribution in [0.5, 0.6) is 0 Å². The Morgan fingerprint density at radius 3 is 2.30 bits per heavy atom. The molecule has 0 aliphatic heterocycles. The number of thiol groups is 1. The molecule has 0 aromatic heterocycles. The molecule has 2 aromatic rings. The maximum atomic E-state index is 12.7. The summed E-state index contributed by atoms with van der Waals surface area (Å²) in [5.41, 5.74) is 1.64. The molecule has 2 rings (SSSR count). The molecule has 2 aromatic carbocycles. The summed E-state index contributed by atoms with van der Waals surface area (Å²) in [5.74, 6) is 0.0398. The molecule has 0 heterocycles. The van der Waals surface area contributed by atoms with Crippen LogP contribution in [0.1, 0.15) is 30.1 Å². The number of carbonyl (C=O) groups is 1. The van der Waals surface area contributed by atoms with E-state index in [0.717, 1.165) is 30.0 Å². The van der Waals surface area contributed by atoms with Crippen molar-refractivity contribution in [2.24, 2.45) is 0 Å². The third kappa shape index (κ3) is 3.64. The van der Waals surface area contributed by atoms with E-state index in [9.17, 15) is 4.79 Å². The van der Waals surface area contributed by atoms with Crippen molar-refractivity contribution in [3.63, 3.8) is 0 Å². The maximum absolute atomic E-state index is 12.7. The van der Waals surface area contributed by atoms with Gasteiger partial charge in [0, 0.05) is 22.7 Å². The van der Waals surface area contributed by atoms with Crippen LogP contribution in [0.25, 0.3) is 0 Å². The summed E-state index contributed by atoms with van der Waals surface area (Å²) in [6, 6.07) is 17.2. The zero-order chi connectivity index (χ0) is 14.4. The molecule has 2 nitrogen and oxygen atoms in total. The van der Waals surface area contributed by atoms with E-state index < -0.39 is 0 Å². The molecule has 0 bridgehead atoms. The van der Waals surface area contributed by atoms with Crippen molar-refractivity contribution in [3.8, 4) is 0 Å². The number of rotatable bonds is 5. The number of anilines is 1. The normalized spacial score (nSPS) is 10.3. The minimum Gasteiger partial charge on any atom is -0.308 e. The van der Waals surface area contributed by atoms with Gasteiger partial charge in [-0.3, -0.25) is 4.79 Å². The molecule has 0 saturated carbocycles. The second-order valence-electron chi connectivity index (χ2n) is 4.69. The van der Waals surface area contributed by atoms with Gasteiger partial charge in [0.2, 0.25) is 0 Å².